The van der Waals surface area contributed by atoms with E-state index in [-0.39, 0.29) is 5.97 Å². The van der Waals surface area contributed by atoms with Crippen LogP contribution in [0.4, 0.5) is 5.82 Å². The van der Waals surface area contributed by atoms with Gasteiger partial charge in [0.1, 0.15) is 5.82 Å². The van der Waals surface area contributed by atoms with Gasteiger partial charge in [0.2, 0.25) is 0 Å². The highest BCUT2D eigenvalue weighted by molar-refractivity contribution is 5.86. The van der Waals surface area contributed by atoms with Gasteiger partial charge in [-0.25, -0.2) is 9.78 Å². The number of hydrogen-bond donors (Lipinski definition) is 2. The number of aromatic nitrogens is 1. The van der Waals surface area contributed by atoms with Crippen LogP contribution in [0.2, 0.25) is 0 Å². The Bertz CT molecular complexity index is 437. The standard InChI is InChI=1S/C14H19N3O2/c1-2-19-14(18)6-4-11-3-5-13(16-9-11)17-12-7-8-15-10-12/h3-6,9,12,15H,2,7-8,10H2,1H3,(H,16,17)/t12-/m1/s1. The van der Waals surface area contributed by atoms with Gasteiger partial charge in [0.15, 0.2) is 0 Å². The Morgan fingerprint density at radius 1 is 1.63 bits per heavy atom. The molecule has 0 bridgehead atoms. The molecule has 5 heteroatoms. The second-order valence-electron chi connectivity index (χ2n) is 4.40. The molecule has 1 aromatic rings. The Kier molecular flexibility index (Phi) is 4.92. The summed E-state index contributed by atoms with van der Waals surface area (Å²) in [7, 11) is 0. The van der Waals surface area contributed by atoms with Crippen LogP contribution in [0.1, 0.15) is 18.9 Å². The number of pyridine rings is 1. The summed E-state index contributed by atoms with van der Waals surface area (Å²) in [6.45, 7) is 4.20. The molecule has 0 saturated carbocycles. The molecule has 1 aliphatic rings. The Balaban J connectivity index is 1.88. The van der Waals surface area contributed by atoms with Gasteiger partial charge in [0, 0.05) is 24.9 Å². The van der Waals surface area contributed by atoms with E-state index in [1.54, 1.807) is 19.2 Å². The van der Waals surface area contributed by atoms with Gasteiger partial charge >= 0.3 is 5.97 Å². The van der Waals surface area contributed by atoms with E-state index in [1.807, 2.05) is 12.1 Å². The Hall–Kier alpha value is -1.88. The number of rotatable bonds is 5. The first-order valence-electron chi connectivity index (χ1n) is 6.56. The smallest absolute Gasteiger partial charge is 0.330 e. The number of carbonyl (C=O) groups is 1. The molecule has 2 rings (SSSR count). The molecule has 0 aromatic carbocycles. The molecule has 102 valence electrons. The summed E-state index contributed by atoms with van der Waals surface area (Å²) < 4.78 is 4.81. The van der Waals surface area contributed by atoms with Crippen LogP contribution in [0.25, 0.3) is 6.08 Å². The fraction of sp³-hybridized carbons (Fsp3) is 0.429. The van der Waals surface area contributed by atoms with Crippen molar-refractivity contribution in [1.82, 2.24) is 10.3 Å². The minimum Gasteiger partial charge on any atom is -0.463 e. The van der Waals surface area contributed by atoms with Crippen molar-refractivity contribution in [3.05, 3.63) is 30.0 Å². The monoisotopic (exact) mass is 261 g/mol. The highest BCUT2D eigenvalue weighted by Gasteiger charge is 2.13. The number of ether oxygens (including phenoxy) is 1. The molecular weight excluding hydrogens is 242 g/mol. The Labute approximate surface area is 113 Å². The van der Waals surface area contributed by atoms with Crippen molar-refractivity contribution in [3.63, 3.8) is 0 Å². The van der Waals surface area contributed by atoms with E-state index < -0.39 is 0 Å². The highest BCUT2D eigenvalue weighted by Crippen LogP contribution is 2.10. The second-order valence-corrected chi connectivity index (χ2v) is 4.40. The fourth-order valence-corrected chi connectivity index (χ4v) is 1.93. The summed E-state index contributed by atoms with van der Waals surface area (Å²) in [6.07, 6.45) is 5.97. The molecule has 19 heavy (non-hydrogen) atoms. The molecule has 0 aliphatic carbocycles. The molecule has 1 aromatic heterocycles. The molecule has 1 fully saturated rings. The first kappa shape index (κ1) is 13.5. The number of carbonyl (C=O) groups excluding carboxylic acids is 1. The van der Waals surface area contributed by atoms with Crippen molar-refractivity contribution in [1.29, 1.82) is 0 Å². The molecule has 0 radical (unpaired) electrons. The van der Waals surface area contributed by atoms with Crippen LogP contribution in [0.5, 0.6) is 0 Å². The third-order valence-electron chi connectivity index (χ3n) is 2.90. The largest absolute Gasteiger partial charge is 0.463 e. The average molecular weight is 261 g/mol. The van der Waals surface area contributed by atoms with Crippen LogP contribution < -0.4 is 10.6 Å². The third-order valence-corrected chi connectivity index (χ3v) is 2.90. The van der Waals surface area contributed by atoms with Crippen molar-refractivity contribution in [2.24, 2.45) is 0 Å². The summed E-state index contributed by atoms with van der Waals surface area (Å²) in [6, 6.07) is 4.30. The fourth-order valence-electron chi connectivity index (χ4n) is 1.93. The molecule has 1 aliphatic heterocycles. The van der Waals surface area contributed by atoms with E-state index in [0.717, 1.165) is 30.9 Å². The van der Waals surface area contributed by atoms with E-state index >= 15 is 0 Å². The zero-order valence-electron chi connectivity index (χ0n) is 11.1. The van der Waals surface area contributed by atoms with Gasteiger partial charge in [-0.2, -0.15) is 0 Å². The van der Waals surface area contributed by atoms with Gasteiger partial charge in [-0.1, -0.05) is 0 Å². The molecular formula is C14H19N3O2. The van der Waals surface area contributed by atoms with Crippen molar-refractivity contribution < 1.29 is 9.53 Å². The molecule has 0 unspecified atom stereocenters. The van der Waals surface area contributed by atoms with Gasteiger partial charge in [-0.15, -0.1) is 0 Å². The molecule has 0 amide bonds. The molecule has 1 atom stereocenters. The normalized spacial score (nSPS) is 18.7. The predicted molar refractivity (Wildman–Crippen MR) is 74.8 cm³/mol. The number of esters is 1. The van der Waals surface area contributed by atoms with Gasteiger partial charge < -0.3 is 15.4 Å². The molecule has 5 nitrogen and oxygen atoms in total. The van der Waals surface area contributed by atoms with Crippen molar-refractivity contribution in [2.75, 3.05) is 25.0 Å². The Morgan fingerprint density at radius 2 is 2.53 bits per heavy atom. The third kappa shape index (κ3) is 4.37. The van der Waals surface area contributed by atoms with E-state index in [0.29, 0.717) is 12.6 Å². The van der Waals surface area contributed by atoms with Gasteiger partial charge in [0.05, 0.1) is 6.61 Å². The van der Waals surface area contributed by atoms with Gasteiger partial charge in [-0.05, 0) is 43.7 Å². The topological polar surface area (TPSA) is 63.2 Å². The van der Waals surface area contributed by atoms with Crippen LogP contribution in [-0.4, -0.2) is 36.7 Å². The summed E-state index contributed by atoms with van der Waals surface area (Å²) in [5.74, 6) is 0.531. The SMILES string of the molecule is CCOC(=O)C=Cc1ccc(N[C@@H]2CCNC2)nc1. The maximum atomic E-state index is 11.2. The van der Waals surface area contributed by atoms with Gasteiger partial charge in [0.25, 0.3) is 0 Å². The quantitative estimate of drug-likeness (QED) is 0.620. The Morgan fingerprint density at radius 3 is 3.16 bits per heavy atom. The van der Waals surface area contributed by atoms with Crippen LogP contribution >= 0.6 is 0 Å². The lowest BCUT2D eigenvalue weighted by atomic mass is 10.2. The number of nitrogens with one attached hydrogen (secondary N) is 2. The highest BCUT2D eigenvalue weighted by atomic mass is 16.5. The summed E-state index contributed by atoms with van der Waals surface area (Å²) in [4.78, 5) is 15.5. The van der Waals surface area contributed by atoms with Crippen LogP contribution in [-0.2, 0) is 9.53 Å². The van der Waals surface area contributed by atoms with Gasteiger partial charge in [-0.3, -0.25) is 0 Å². The van der Waals surface area contributed by atoms with E-state index in [2.05, 4.69) is 15.6 Å². The second kappa shape index (κ2) is 6.89. The van der Waals surface area contributed by atoms with Crippen molar-refractivity contribution in [3.8, 4) is 0 Å². The first-order valence-corrected chi connectivity index (χ1v) is 6.56. The summed E-state index contributed by atoms with van der Waals surface area (Å²) in [5, 5.41) is 6.66. The van der Waals surface area contributed by atoms with E-state index in [9.17, 15) is 4.79 Å². The zero-order chi connectivity index (χ0) is 13.5. The molecule has 2 N–H and O–H groups in total. The van der Waals surface area contributed by atoms with Crippen LogP contribution in [0, 0.1) is 0 Å². The predicted octanol–water partition coefficient (Wildman–Crippen LogP) is 1.43. The summed E-state index contributed by atoms with van der Waals surface area (Å²) in [5.41, 5.74) is 0.878. The number of anilines is 1. The number of hydrogen-bond acceptors (Lipinski definition) is 5. The minimum atomic E-state index is -0.332. The molecule has 0 spiro atoms. The van der Waals surface area contributed by atoms with Crippen molar-refractivity contribution in [2.45, 2.75) is 19.4 Å². The number of nitrogens with zero attached hydrogens (tertiary/aromatic N) is 1. The van der Waals surface area contributed by atoms with Crippen molar-refractivity contribution >= 4 is 17.9 Å². The van der Waals surface area contributed by atoms with Crippen LogP contribution in [0.15, 0.2) is 24.4 Å². The van der Waals surface area contributed by atoms with E-state index in [4.69, 9.17) is 4.74 Å². The maximum absolute atomic E-state index is 11.2. The molecule has 1 saturated heterocycles. The lowest BCUT2D eigenvalue weighted by Crippen LogP contribution is -2.22. The minimum absolute atomic E-state index is 0.332. The zero-order valence-corrected chi connectivity index (χ0v) is 11.1. The van der Waals surface area contributed by atoms with E-state index in [1.165, 1.54) is 6.08 Å². The van der Waals surface area contributed by atoms with Crippen LogP contribution in [0.3, 0.4) is 0 Å². The first-order chi connectivity index (χ1) is 9.28. The molecule has 2 heterocycles. The maximum Gasteiger partial charge on any atom is 0.330 e. The average Bonchev–Trinajstić information content (AvgIpc) is 2.91. The lowest BCUT2D eigenvalue weighted by molar-refractivity contribution is -0.137. The lowest BCUT2D eigenvalue weighted by Gasteiger charge is -2.11. The summed E-state index contributed by atoms with van der Waals surface area (Å²) >= 11 is 0.